The number of benzene rings is 2. The van der Waals surface area contributed by atoms with Gasteiger partial charge in [0.15, 0.2) is 11.5 Å². The lowest BCUT2D eigenvalue weighted by Crippen LogP contribution is -2.36. The number of rotatable bonds is 10. The highest BCUT2D eigenvalue weighted by atomic mass is 16.5. The van der Waals surface area contributed by atoms with Crippen molar-refractivity contribution in [3.63, 3.8) is 0 Å². The summed E-state index contributed by atoms with van der Waals surface area (Å²) in [6.45, 7) is 6.39. The van der Waals surface area contributed by atoms with Gasteiger partial charge in [-0.05, 0) is 104 Å². The number of H-pyrrole nitrogens is 1. The molecule has 4 bridgehead atoms. The molecule has 6 rings (SSSR count). The molecule has 0 aliphatic carbocycles. The Kier molecular flexibility index (Phi) is 14.0. The number of fused-ring (bicyclic) bond motifs is 3. The van der Waals surface area contributed by atoms with Gasteiger partial charge in [-0.2, -0.15) is 0 Å². The number of carbonyl (C=O) groups is 3. The smallest absolute Gasteiger partial charge is 0.302 e. The zero-order valence-corrected chi connectivity index (χ0v) is 33.8. The van der Waals surface area contributed by atoms with Crippen LogP contribution in [0.5, 0.6) is 11.5 Å². The van der Waals surface area contributed by atoms with Crippen molar-refractivity contribution < 1.29 is 34.1 Å². The second kappa shape index (κ2) is 19.2. The number of esters is 1. The number of carbonyl (C=O) groups excluding carboxylic acids is 3. The normalized spacial score (nSPS) is 20.9. The highest BCUT2D eigenvalue weighted by molar-refractivity contribution is 5.95. The molecule has 304 valence electrons. The maximum absolute atomic E-state index is 14.2. The van der Waals surface area contributed by atoms with Crippen LogP contribution in [0.1, 0.15) is 94.9 Å². The van der Waals surface area contributed by atoms with E-state index in [-0.39, 0.29) is 42.7 Å². The average Bonchev–Trinajstić information content (AvgIpc) is 3.83. The fraction of sp³-hybridized carbons (Fsp3) is 0.457. The third-order valence-corrected chi connectivity index (χ3v) is 11.6. The van der Waals surface area contributed by atoms with E-state index in [0.717, 1.165) is 59.9 Å². The molecular formula is C46H58N4O7. The second-order valence-corrected chi connectivity index (χ2v) is 15.7. The molecule has 0 radical (unpaired) electrons. The van der Waals surface area contributed by atoms with Gasteiger partial charge in [0.05, 0.1) is 18.8 Å². The molecule has 4 heterocycles. The number of nitrogens with one attached hydrogen (secondary N) is 2. The molecule has 0 amide bonds. The zero-order chi connectivity index (χ0) is 40.5. The molecule has 0 saturated carbocycles. The average molecular weight is 779 g/mol. The lowest BCUT2D eigenvalue weighted by molar-refractivity contribution is -0.148. The summed E-state index contributed by atoms with van der Waals surface area (Å²) >= 11 is 0. The Morgan fingerprint density at radius 1 is 1.00 bits per heavy atom. The van der Waals surface area contributed by atoms with Gasteiger partial charge in [-0.15, -0.1) is 0 Å². The molecule has 11 nitrogen and oxygen atoms in total. The lowest BCUT2D eigenvalue weighted by atomic mass is 9.84. The Balaban J connectivity index is 1.50. The summed E-state index contributed by atoms with van der Waals surface area (Å²) < 4.78 is 13.3. The van der Waals surface area contributed by atoms with Crippen LogP contribution in [0.15, 0.2) is 84.7 Å². The monoisotopic (exact) mass is 778 g/mol. The molecule has 0 saturated heterocycles. The standard InChI is InChI=1S/C46H58N4O7/c1-5-32-11-13-40(57-31(3)53)24-39(54)25-43(35-12-14-44(55)45(22-35)56-4)49-28-36-8-6-10-42(41(36)29-49)50(18-16-30(2)52)46-23-34(15-17-48-46)33(9-7-19-51)21-38-27-47-26-37(38)20-32/h6,8,10,12,14-15,22-23,26-29,32-33,40,43,47-48,51,55H,5,7,9,11,13,16-21,24-25H2,1-4H3. The largest absolute Gasteiger partial charge is 0.504 e. The summed E-state index contributed by atoms with van der Waals surface area (Å²) in [6.07, 6.45) is 18.2. The van der Waals surface area contributed by atoms with E-state index in [9.17, 15) is 24.6 Å². The number of allylic oxidation sites excluding steroid dienone is 2. The summed E-state index contributed by atoms with van der Waals surface area (Å²) in [4.78, 5) is 44.6. The molecule has 11 heteroatoms. The van der Waals surface area contributed by atoms with E-state index in [2.05, 4.69) is 58.9 Å². The minimum atomic E-state index is -0.557. The molecule has 4 atom stereocenters. The minimum Gasteiger partial charge on any atom is -0.504 e. The number of aliphatic hydroxyl groups excluding tert-OH is 1. The highest BCUT2D eigenvalue weighted by Crippen LogP contribution is 2.38. The van der Waals surface area contributed by atoms with Crippen LogP contribution in [0.4, 0.5) is 5.69 Å². The molecule has 2 aromatic heterocycles. The number of ether oxygens (including phenoxy) is 2. The predicted molar refractivity (Wildman–Crippen MR) is 222 cm³/mol. The van der Waals surface area contributed by atoms with Crippen LogP contribution < -0.4 is 15.0 Å². The fourth-order valence-corrected chi connectivity index (χ4v) is 8.49. The van der Waals surface area contributed by atoms with Crippen molar-refractivity contribution in [3.8, 4) is 11.5 Å². The number of aliphatic hydroxyl groups is 1. The van der Waals surface area contributed by atoms with Crippen LogP contribution >= 0.6 is 0 Å². The van der Waals surface area contributed by atoms with Crippen molar-refractivity contribution >= 4 is 34.0 Å². The van der Waals surface area contributed by atoms with Crippen molar-refractivity contribution in [1.29, 1.82) is 0 Å². The van der Waals surface area contributed by atoms with Gasteiger partial charge in [-0.25, -0.2) is 0 Å². The van der Waals surface area contributed by atoms with Crippen LogP contribution in [0.2, 0.25) is 0 Å². The van der Waals surface area contributed by atoms with Gasteiger partial charge in [-0.3, -0.25) is 14.4 Å². The summed E-state index contributed by atoms with van der Waals surface area (Å²) in [6, 6.07) is 10.8. The van der Waals surface area contributed by atoms with E-state index in [1.54, 1.807) is 19.1 Å². The molecule has 0 fully saturated rings. The molecule has 4 N–H and O–H groups in total. The van der Waals surface area contributed by atoms with Gasteiger partial charge >= 0.3 is 5.97 Å². The van der Waals surface area contributed by atoms with Crippen LogP contribution in [-0.4, -0.2) is 70.2 Å². The first-order chi connectivity index (χ1) is 27.6. The third-order valence-electron chi connectivity index (χ3n) is 11.6. The van der Waals surface area contributed by atoms with Gasteiger partial charge in [0, 0.05) is 81.4 Å². The Morgan fingerprint density at radius 2 is 1.81 bits per heavy atom. The number of nitrogens with zero attached hydrogens (tertiary/aromatic N) is 2. The Hall–Kier alpha value is -5.29. The van der Waals surface area contributed by atoms with Crippen LogP contribution in [0.3, 0.4) is 0 Å². The first kappa shape index (κ1) is 41.3. The number of aromatic hydroxyl groups is 1. The molecule has 0 spiro atoms. The number of aromatic nitrogens is 2. The highest BCUT2D eigenvalue weighted by Gasteiger charge is 2.27. The van der Waals surface area contributed by atoms with Crippen molar-refractivity contribution in [3.05, 3.63) is 101 Å². The Bertz CT molecular complexity index is 2090. The molecule has 2 aliphatic heterocycles. The first-order valence-electron chi connectivity index (χ1n) is 20.4. The van der Waals surface area contributed by atoms with Crippen molar-refractivity contribution in [1.82, 2.24) is 14.9 Å². The quantitative estimate of drug-likeness (QED) is 0.119. The fourth-order valence-electron chi connectivity index (χ4n) is 8.49. The Labute approximate surface area is 335 Å². The maximum Gasteiger partial charge on any atom is 0.302 e. The number of ketones is 2. The summed E-state index contributed by atoms with van der Waals surface area (Å²) in [5.74, 6) is 1.32. The summed E-state index contributed by atoms with van der Waals surface area (Å²) in [5, 5.41) is 26.0. The number of methoxy groups -OCH3 is 1. The van der Waals surface area contributed by atoms with Gasteiger partial charge in [-0.1, -0.05) is 37.6 Å². The summed E-state index contributed by atoms with van der Waals surface area (Å²) in [5.41, 5.74) is 5.41. The van der Waals surface area contributed by atoms with E-state index in [1.165, 1.54) is 30.7 Å². The predicted octanol–water partition coefficient (Wildman–Crippen LogP) is 7.70. The van der Waals surface area contributed by atoms with Gasteiger partial charge in [0.25, 0.3) is 0 Å². The van der Waals surface area contributed by atoms with E-state index >= 15 is 0 Å². The van der Waals surface area contributed by atoms with Crippen molar-refractivity contribution in [2.24, 2.45) is 11.8 Å². The Morgan fingerprint density at radius 3 is 2.54 bits per heavy atom. The number of hydrogen-bond acceptors (Lipinski definition) is 9. The van der Waals surface area contributed by atoms with Crippen LogP contribution in [-0.2, 0) is 32.0 Å². The van der Waals surface area contributed by atoms with E-state index in [4.69, 9.17) is 9.47 Å². The molecule has 2 aromatic carbocycles. The van der Waals surface area contributed by atoms with Gasteiger partial charge in [0.1, 0.15) is 23.5 Å². The number of aromatic amines is 1. The van der Waals surface area contributed by atoms with E-state index in [1.807, 2.05) is 29.0 Å². The van der Waals surface area contributed by atoms with Crippen LogP contribution in [0, 0.1) is 11.8 Å². The van der Waals surface area contributed by atoms with Crippen molar-refractivity contribution in [2.75, 3.05) is 31.7 Å². The summed E-state index contributed by atoms with van der Waals surface area (Å²) in [7, 11) is 1.50. The number of phenolic OH excluding ortho intramolecular Hbond substituents is 1. The second-order valence-electron chi connectivity index (χ2n) is 15.7. The number of phenols is 1. The zero-order valence-electron chi connectivity index (χ0n) is 33.8. The SMILES string of the molecule is CCC1CCC(OC(C)=O)CC(=O)CC(c2ccc(O)c(OC)c2)n2cc3cccc(c3c2)N(CCC(C)=O)C2=CC(=CCN2)C(CCCO)Cc2c[nH]cc2C1. The number of dihydropyridines is 1. The van der Waals surface area contributed by atoms with Crippen molar-refractivity contribution in [2.45, 2.75) is 97.1 Å². The topological polar surface area (TPSA) is 146 Å². The maximum atomic E-state index is 14.2. The minimum absolute atomic E-state index is 0.00351. The lowest BCUT2D eigenvalue weighted by Gasteiger charge is -2.32. The molecule has 2 aliphatic rings. The number of Topliss-reactive ketones (excluding diaryl/α,β-unsaturated/α-hetero) is 2. The molecule has 57 heavy (non-hydrogen) atoms. The third kappa shape index (κ3) is 10.4. The molecule has 4 aromatic rings. The van der Waals surface area contributed by atoms with Crippen LogP contribution in [0.25, 0.3) is 10.8 Å². The molecule has 4 unspecified atom stereocenters. The van der Waals surface area contributed by atoms with Gasteiger partial charge < -0.3 is 39.5 Å². The molecular weight excluding hydrogens is 721 g/mol. The van der Waals surface area contributed by atoms with Gasteiger partial charge in [0.2, 0.25) is 0 Å². The number of hydrogen-bond donors (Lipinski definition) is 4. The van der Waals surface area contributed by atoms with E-state index in [0.29, 0.717) is 44.0 Å². The number of anilines is 1. The van der Waals surface area contributed by atoms with E-state index < -0.39 is 18.1 Å². The first-order valence-corrected chi connectivity index (χ1v) is 20.4.